The van der Waals surface area contributed by atoms with E-state index >= 15 is 0 Å². The van der Waals surface area contributed by atoms with Crippen LogP contribution in [0.25, 0.3) is 0 Å². The van der Waals surface area contributed by atoms with E-state index in [-0.39, 0.29) is 11.3 Å². The molecule has 0 spiro atoms. The average Bonchev–Trinajstić information content (AvgIpc) is 3.16. The van der Waals surface area contributed by atoms with Gasteiger partial charge in [0.2, 0.25) is 0 Å². The first-order valence-electron chi connectivity index (χ1n) is 13.4. The predicted molar refractivity (Wildman–Crippen MR) is 139 cm³/mol. The molecule has 3 N–H and O–H groups in total. The number of methoxy groups -OCH3 is 1. The van der Waals surface area contributed by atoms with Gasteiger partial charge in [-0.15, -0.1) is 11.8 Å². The maximum Gasteiger partial charge on any atom is 0.146 e. The van der Waals surface area contributed by atoms with Crippen LogP contribution in [-0.2, 0) is 9.53 Å². The van der Waals surface area contributed by atoms with Gasteiger partial charge in [-0.25, -0.2) is 0 Å². The van der Waals surface area contributed by atoms with Gasteiger partial charge in [-0.3, -0.25) is 4.79 Å². The van der Waals surface area contributed by atoms with Gasteiger partial charge in [-0.05, 0) is 117 Å². The van der Waals surface area contributed by atoms with Crippen molar-refractivity contribution in [3.8, 4) is 0 Å². The third-order valence-corrected chi connectivity index (χ3v) is 11.9. The number of thioether (sulfide) groups is 1. The van der Waals surface area contributed by atoms with Crippen LogP contribution in [0.3, 0.4) is 0 Å². The molecule has 188 valence electrons. The van der Waals surface area contributed by atoms with Crippen LogP contribution >= 0.6 is 11.8 Å². The molecule has 4 saturated carbocycles. The zero-order valence-corrected chi connectivity index (χ0v) is 22.0. The monoisotopic (exact) mass is 485 g/mol. The minimum atomic E-state index is -0.637. The summed E-state index contributed by atoms with van der Waals surface area (Å²) >= 11 is 1.66. The Morgan fingerprint density at radius 2 is 1.76 bits per heavy atom. The number of ether oxygens (including phenoxy) is 1. The Balaban J connectivity index is 1.27. The van der Waals surface area contributed by atoms with Gasteiger partial charge >= 0.3 is 0 Å². The van der Waals surface area contributed by atoms with Crippen molar-refractivity contribution < 1.29 is 14.6 Å². The lowest BCUT2D eigenvalue weighted by molar-refractivity contribution is -0.163. The topological polar surface area (TPSA) is 72.5 Å². The minimum absolute atomic E-state index is 0.161. The fourth-order valence-corrected chi connectivity index (χ4v) is 9.91. The van der Waals surface area contributed by atoms with Crippen LogP contribution in [-0.4, -0.2) is 36.0 Å². The molecule has 2 unspecified atom stereocenters. The van der Waals surface area contributed by atoms with Crippen molar-refractivity contribution in [1.82, 2.24) is 0 Å². The number of nitrogen functional groups attached to an aromatic ring is 1. The van der Waals surface area contributed by atoms with Gasteiger partial charge in [-0.1, -0.05) is 13.8 Å². The summed E-state index contributed by atoms with van der Waals surface area (Å²) in [5.41, 5.74) is 6.43. The second kappa shape index (κ2) is 9.12. The van der Waals surface area contributed by atoms with Gasteiger partial charge in [-0.2, -0.15) is 0 Å². The Hall–Kier alpha value is -1.04. The molecule has 0 amide bonds. The van der Waals surface area contributed by atoms with E-state index in [9.17, 15) is 9.90 Å². The van der Waals surface area contributed by atoms with Gasteiger partial charge in [0.05, 0.1) is 18.0 Å². The number of anilines is 1. The lowest BCUT2D eigenvalue weighted by Crippen LogP contribution is -2.56. The molecule has 1 aromatic rings. The molecule has 0 aliphatic heterocycles. The number of aliphatic hydroxyl groups is 1. The molecule has 0 bridgehead atoms. The number of ketones is 1. The summed E-state index contributed by atoms with van der Waals surface area (Å²) < 4.78 is 5.37. The first-order chi connectivity index (χ1) is 16.2. The Kier molecular flexibility index (Phi) is 6.61. The van der Waals surface area contributed by atoms with Gasteiger partial charge in [0.1, 0.15) is 5.78 Å². The van der Waals surface area contributed by atoms with Crippen LogP contribution in [0, 0.1) is 40.4 Å². The summed E-state index contributed by atoms with van der Waals surface area (Å²) in [7, 11) is 1.71. The van der Waals surface area contributed by atoms with E-state index in [2.05, 4.69) is 13.8 Å². The van der Waals surface area contributed by atoms with E-state index in [0.29, 0.717) is 35.4 Å². The summed E-state index contributed by atoms with van der Waals surface area (Å²) in [5.74, 6) is 4.01. The number of hydrogen-bond acceptors (Lipinski definition) is 5. The van der Waals surface area contributed by atoms with E-state index in [4.69, 9.17) is 10.5 Å². The van der Waals surface area contributed by atoms with Crippen molar-refractivity contribution in [2.24, 2.45) is 40.4 Å². The molecule has 4 nitrogen and oxygen atoms in total. The molecular weight excluding hydrogens is 442 g/mol. The third kappa shape index (κ3) is 4.14. The molecule has 34 heavy (non-hydrogen) atoms. The van der Waals surface area contributed by atoms with Crippen molar-refractivity contribution >= 4 is 23.2 Å². The van der Waals surface area contributed by atoms with Crippen molar-refractivity contribution in [3.05, 3.63) is 24.3 Å². The first-order valence-corrected chi connectivity index (χ1v) is 14.4. The van der Waals surface area contributed by atoms with Gasteiger partial charge in [0, 0.05) is 23.6 Å². The SMILES string of the molecule is COCC1(O)CC[C@@]2(C)C(CC[C@H]3[C@@H]4CC[C@H](C(=O)CSc5ccc(N)cc5)[C@@]4(C)CC[C@@H]32)C1. The lowest BCUT2D eigenvalue weighted by Gasteiger charge is -2.62. The van der Waals surface area contributed by atoms with Crippen molar-refractivity contribution in [2.75, 3.05) is 25.2 Å². The van der Waals surface area contributed by atoms with E-state index in [0.717, 1.165) is 48.1 Å². The maximum atomic E-state index is 13.4. The summed E-state index contributed by atoms with van der Waals surface area (Å²) in [6.45, 7) is 5.45. The quantitative estimate of drug-likeness (QED) is 0.384. The second-order valence-electron chi connectivity index (χ2n) is 12.5. The molecule has 8 atom stereocenters. The summed E-state index contributed by atoms with van der Waals surface area (Å²) in [4.78, 5) is 14.6. The van der Waals surface area contributed by atoms with Gasteiger partial charge in [0.15, 0.2) is 0 Å². The molecule has 0 saturated heterocycles. The van der Waals surface area contributed by atoms with Crippen LogP contribution in [0.15, 0.2) is 29.2 Å². The zero-order valence-electron chi connectivity index (χ0n) is 21.2. The second-order valence-corrected chi connectivity index (χ2v) is 13.6. The molecule has 4 aliphatic carbocycles. The smallest absolute Gasteiger partial charge is 0.146 e. The first kappa shape index (κ1) is 24.6. The predicted octanol–water partition coefficient (Wildman–Crippen LogP) is 5.97. The van der Waals surface area contributed by atoms with E-state index in [1.165, 1.54) is 32.1 Å². The molecule has 0 radical (unpaired) electrons. The summed E-state index contributed by atoms with van der Waals surface area (Å²) in [6.07, 6.45) is 10.1. The van der Waals surface area contributed by atoms with E-state index < -0.39 is 5.60 Å². The highest BCUT2D eigenvalue weighted by molar-refractivity contribution is 8.00. The number of nitrogens with two attached hydrogens (primary N) is 1. The Labute approximate surface area is 209 Å². The molecular formula is C29H43NO3S. The van der Waals surface area contributed by atoms with Gasteiger partial charge in [0.25, 0.3) is 0 Å². The van der Waals surface area contributed by atoms with E-state index in [1.807, 2.05) is 24.3 Å². The zero-order chi connectivity index (χ0) is 24.1. The Morgan fingerprint density at radius 1 is 1.03 bits per heavy atom. The average molecular weight is 486 g/mol. The van der Waals surface area contributed by atoms with E-state index in [1.54, 1.807) is 18.9 Å². The number of benzene rings is 1. The molecule has 4 aliphatic rings. The molecule has 4 fully saturated rings. The third-order valence-electron chi connectivity index (χ3n) is 10.9. The van der Waals surface area contributed by atoms with Crippen LogP contribution < -0.4 is 5.73 Å². The van der Waals surface area contributed by atoms with Crippen LogP contribution in [0.2, 0.25) is 0 Å². The maximum absolute atomic E-state index is 13.4. The summed E-state index contributed by atoms with van der Waals surface area (Å²) in [6, 6.07) is 7.88. The highest BCUT2D eigenvalue weighted by atomic mass is 32.2. The normalized spacial score (nSPS) is 43.6. The van der Waals surface area contributed by atoms with Crippen LogP contribution in [0.5, 0.6) is 0 Å². The number of carbonyl (C=O) groups is 1. The summed E-state index contributed by atoms with van der Waals surface area (Å²) in [5, 5.41) is 11.1. The number of fused-ring (bicyclic) bond motifs is 5. The largest absolute Gasteiger partial charge is 0.399 e. The van der Waals surface area contributed by atoms with Crippen molar-refractivity contribution in [1.29, 1.82) is 0 Å². The standard InChI is InChI=1S/C29H43NO3S/c1-27-14-15-29(32,18-33-3)16-19(27)4-9-22-23-10-11-25(28(23,2)13-12-24(22)27)26(31)17-34-21-7-5-20(30)6-8-21/h5-8,19,22-25,32H,4,9-18,30H2,1-3H3/t19?,22-,23-,24-,25+,27-,28-,29?/m0/s1. The Morgan fingerprint density at radius 3 is 2.50 bits per heavy atom. The van der Waals surface area contributed by atoms with Crippen molar-refractivity contribution in [2.45, 2.75) is 82.1 Å². The highest BCUT2D eigenvalue weighted by Crippen LogP contribution is 2.68. The molecule has 0 heterocycles. The molecule has 1 aromatic carbocycles. The van der Waals surface area contributed by atoms with Crippen LogP contribution in [0.1, 0.15) is 71.6 Å². The number of rotatable bonds is 6. The Bertz CT molecular complexity index is 905. The van der Waals surface area contributed by atoms with Crippen molar-refractivity contribution in [3.63, 3.8) is 0 Å². The highest BCUT2D eigenvalue weighted by Gasteiger charge is 2.62. The fraction of sp³-hybridized carbons (Fsp3) is 0.759. The van der Waals surface area contributed by atoms with Crippen LogP contribution in [0.4, 0.5) is 5.69 Å². The minimum Gasteiger partial charge on any atom is -0.399 e. The molecule has 0 aromatic heterocycles. The molecule has 5 rings (SSSR count). The fourth-order valence-electron chi connectivity index (χ4n) is 9.07. The number of hydrogen-bond donors (Lipinski definition) is 2. The molecule has 5 heteroatoms. The van der Waals surface area contributed by atoms with Gasteiger partial charge < -0.3 is 15.6 Å². The lowest BCUT2D eigenvalue weighted by atomic mass is 9.44. The number of carbonyl (C=O) groups excluding carboxylic acids is 1. The number of Topliss-reactive ketones (excluding diaryl/α,β-unsaturated/α-hetero) is 1.